The van der Waals surface area contributed by atoms with Crippen molar-refractivity contribution in [2.24, 2.45) is 11.8 Å². The lowest BCUT2D eigenvalue weighted by molar-refractivity contribution is -0.0863. The summed E-state index contributed by atoms with van der Waals surface area (Å²) in [5.74, 6) is 1.58. The zero-order valence-corrected chi connectivity index (χ0v) is 14.2. The average molecular weight is 292 g/mol. The van der Waals surface area contributed by atoms with Crippen LogP contribution < -0.4 is 0 Å². The Kier molecular flexibility index (Phi) is 9.36. The Balaban J connectivity index is 2.02. The molecular weight excluding hydrogens is 260 g/mol. The second kappa shape index (κ2) is 10.8. The van der Waals surface area contributed by atoms with Gasteiger partial charge in [0.15, 0.2) is 0 Å². The van der Waals surface area contributed by atoms with Gasteiger partial charge in [0.2, 0.25) is 0 Å². The van der Waals surface area contributed by atoms with Gasteiger partial charge in [-0.15, -0.1) is 0 Å². The Morgan fingerprint density at radius 1 is 0.952 bits per heavy atom. The molecule has 3 unspecified atom stereocenters. The van der Waals surface area contributed by atoms with Crippen LogP contribution in [-0.2, 0) is 15.9 Å². The molecule has 2 nitrogen and oxygen atoms in total. The molecule has 0 saturated heterocycles. The number of ether oxygens (including phenoxy) is 2. The summed E-state index contributed by atoms with van der Waals surface area (Å²) in [4.78, 5) is 0. The first-order valence-corrected chi connectivity index (χ1v) is 8.36. The minimum Gasteiger partial charge on any atom is -0.355 e. The molecule has 0 fully saturated rings. The van der Waals surface area contributed by atoms with Gasteiger partial charge in [0, 0.05) is 0 Å². The summed E-state index contributed by atoms with van der Waals surface area (Å²) in [6.45, 7) is 10.2. The van der Waals surface area contributed by atoms with E-state index >= 15 is 0 Å². The van der Waals surface area contributed by atoms with Crippen LogP contribution in [0, 0.1) is 11.8 Å². The van der Waals surface area contributed by atoms with Crippen LogP contribution in [0.15, 0.2) is 30.3 Å². The van der Waals surface area contributed by atoms with Crippen molar-refractivity contribution in [3.05, 3.63) is 35.9 Å². The van der Waals surface area contributed by atoms with Gasteiger partial charge in [0.1, 0.15) is 6.79 Å². The molecule has 0 amide bonds. The molecule has 0 spiro atoms. The van der Waals surface area contributed by atoms with Gasteiger partial charge in [0.05, 0.1) is 12.7 Å². The molecule has 1 rings (SSSR count). The van der Waals surface area contributed by atoms with Gasteiger partial charge in [-0.3, -0.25) is 0 Å². The van der Waals surface area contributed by atoms with E-state index in [4.69, 9.17) is 9.47 Å². The SMILES string of the molecule is CCC(C)C(C)CCC(C)OCOCCc1ccccc1. The van der Waals surface area contributed by atoms with Crippen molar-refractivity contribution in [1.82, 2.24) is 0 Å². The Morgan fingerprint density at radius 2 is 1.67 bits per heavy atom. The summed E-state index contributed by atoms with van der Waals surface area (Å²) in [6.07, 6.45) is 4.85. The lowest BCUT2D eigenvalue weighted by Gasteiger charge is -2.20. The first kappa shape index (κ1) is 18.2. The third kappa shape index (κ3) is 8.23. The fraction of sp³-hybridized carbons (Fsp3) is 0.684. The predicted molar refractivity (Wildman–Crippen MR) is 89.4 cm³/mol. The van der Waals surface area contributed by atoms with Crippen molar-refractivity contribution in [2.75, 3.05) is 13.4 Å². The molecular formula is C19H32O2. The zero-order valence-electron chi connectivity index (χ0n) is 14.2. The second-order valence-electron chi connectivity index (χ2n) is 6.18. The molecule has 120 valence electrons. The maximum atomic E-state index is 5.72. The van der Waals surface area contributed by atoms with Gasteiger partial charge in [-0.25, -0.2) is 0 Å². The fourth-order valence-corrected chi connectivity index (χ4v) is 2.33. The van der Waals surface area contributed by atoms with Crippen LogP contribution in [0.4, 0.5) is 0 Å². The summed E-state index contributed by atoms with van der Waals surface area (Å²) in [7, 11) is 0. The highest BCUT2D eigenvalue weighted by atomic mass is 16.7. The minimum absolute atomic E-state index is 0.285. The molecule has 0 radical (unpaired) electrons. The van der Waals surface area contributed by atoms with Gasteiger partial charge < -0.3 is 9.47 Å². The van der Waals surface area contributed by atoms with Crippen LogP contribution >= 0.6 is 0 Å². The maximum absolute atomic E-state index is 5.72. The summed E-state index contributed by atoms with van der Waals surface area (Å²) in [5.41, 5.74) is 1.31. The Bertz CT molecular complexity index is 350. The van der Waals surface area contributed by atoms with E-state index in [1.165, 1.54) is 18.4 Å². The smallest absolute Gasteiger partial charge is 0.147 e. The van der Waals surface area contributed by atoms with E-state index in [2.05, 4.69) is 52.0 Å². The molecule has 0 N–H and O–H groups in total. The molecule has 0 heterocycles. The lowest BCUT2D eigenvalue weighted by Crippen LogP contribution is -2.15. The third-order valence-corrected chi connectivity index (χ3v) is 4.46. The number of rotatable bonds is 11. The molecule has 1 aromatic carbocycles. The van der Waals surface area contributed by atoms with E-state index in [1.807, 2.05) is 6.07 Å². The quantitative estimate of drug-likeness (QED) is 0.419. The number of benzene rings is 1. The molecule has 0 aliphatic rings. The topological polar surface area (TPSA) is 18.5 Å². The zero-order chi connectivity index (χ0) is 15.5. The highest BCUT2D eigenvalue weighted by Gasteiger charge is 2.12. The van der Waals surface area contributed by atoms with E-state index in [1.54, 1.807) is 0 Å². The number of hydrogen-bond donors (Lipinski definition) is 0. The largest absolute Gasteiger partial charge is 0.355 e. The van der Waals surface area contributed by atoms with E-state index in [0.717, 1.165) is 31.3 Å². The molecule has 21 heavy (non-hydrogen) atoms. The van der Waals surface area contributed by atoms with E-state index < -0.39 is 0 Å². The summed E-state index contributed by atoms with van der Waals surface area (Å²) in [5, 5.41) is 0. The van der Waals surface area contributed by atoms with Crippen LogP contribution in [0.5, 0.6) is 0 Å². The van der Waals surface area contributed by atoms with Crippen molar-refractivity contribution >= 4 is 0 Å². The fourth-order valence-electron chi connectivity index (χ4n) is 2.33. The molecule has 0 aliphatic heterocycles. The van der Waals surface area contributed by atoms with Crippen molar-refractivity contribution in [2.45, 2.75) is 59.5 Å². The normalized spacial score (nSPS) is 15.6. The summed E-state index contributed by atoms with van der Waals surface area (Å²) < 4.78 is 11.3. The van der Waals surface area contributed by atoms with Crippen LogP contribution in [0.1, 0.15) is 52.5 Å². The van der Waals surface area contributed by atoms with Crippen LogP contribution in [0.2, 0.25) is 0 Å². The van der Waals surface area contributed by atoms with E-state index in [-0.39, 0.29) is 6.10 Å². The first-order valence-electron chi connectivity index (χ1n) is 8.36. The average Bonchev–Trinajstić information content (AvgIpc) is 2.52. The first-order chi connectivity index (χ1) is 10.1. The standard InChI is InChI=1S/C19H32O2/c1-5-16(2)17(3)11-12-18(4)21-15-20-14-13-19-9-7-6-8-10-19/h6-10,16-18H,5,11-15H2,1-4H3. The molecule has 2 heteroatoms. The maximum Gasteiger partial charge on any atom is 0.147 e. The van der Waals surface area contributed by atoms with E-state index in [9.17, 15) is 0 Å². The lowest BCUT2D eigenvalue weighted by atomic mass is 9.89. The van der Waals surface area contributed by atoms with E-state index in [0.29, 0.717) is 6.79 Å². The second-order valence-corrected chi connectivity index (χ2v) is 6.18. The minimum atomic E-state index is 0.285. The number of hydrogen-bond acceptors (Lipinski definition) is 2. The van der Waals surface area contributed by atoms with Crippen LogP contribution in [0.25, 0.3) is 0 Å². The van der Waals surface area contributed by atoms with Gasteiger partial charge >= 0.3 is 0 Å². The highest BCUT2D eigenvalue weighted by Crippen LogP contribution is 2.21. The Hall–Kier alpha value is -0.860. The molecule has 3 atom stereocenters. The Morgan fingerprint density at radius 3 is 2.33 bits per heavy atom. The van der Waals surface area contributed by atoms with Gasteiger partial charge in [-0.05, 0) is 43.6 Å². The molecule has 0 bridgehead atoms. The van der Waals surface area contributed by atoms with Gasteiger partial charge in [-0.1, -0.05) is 57.5 Å². The van der Waals surface area contributed by atoms with Crippen molar-refractivity contribution in [1.29, 1.82) is 0 Å². The summed E-state index contributed by atoms with van der Waals surface area (Å²) >= 11 is 0. The van der Waals surface area contributed by atoms with Crippen molar-refractivity contribution < 1.29 is 9.47 Å². The third-order valence-electron chi connectivity index (χ3n) is 4.46. The monoisotopic (exact) mass is 292 g/mol. The molecule has 0 aliphatic carbocycles. The molecule has 1 aromatic rings. The predicted octanol–water partition coefficient (Wildman–Crippen LogP) is 5.07. The molecule has 0 saturated carbocycles. The molecule has 0 aromatic heterocycles. The highest BCUT2D eigenvalue weighted by molar-refractivity contribution is 5.14. The van der Waals surface area contributed by atoms with Gasteiger partial charge in [0.25, 0.3) is 0 Å². The van der Waals surface area contributed by atoms with Crippen molar-refractivity contribution in [3.8, 4) is 0 Å². The summed E-state index contributed by atoms with van der Waals surface area (Å²) in [6, 6.07) is 10.4. The Labute approximate surface area is 130 Å². The van der Waals surface area contributed by atoms with Crippen LogP contribution in [0.3, 0.4) is 0 Å². The van der Waals surface area contributed by atoms with Gasteiger partial charge in [-0.2, -0.15) is 0 Å². The van der Waals surface area contributed by atoms with Crippen LogP contribution in [-0.4, -0.2) is 19.5 Å². The van der Waals surface area contributed by atoms with Crippen molar-refractivity contribution in [3.63, 3.8) is 0 Å².